The van der Waals surface area contributed by atoms with Gasteiger partial charge in [-0.1, -0.05) is 60.7 Å². The van der Waals surface area contributed by atoms with Crippen LogP contribution in [-0.2, 0) is 13.0 Å². The van der Waals surface area contributed by atoms with Gasteiger partial charge >= 0.3 is 6.03 Å². The molecule has 5 heteroatoms. The SMILES string of the molecule is O=C1N[C@@H](Cc2ccccc2)C([O-])[N+]2(CCCCC2)N1Cc1ccccc1. The highest BCUT2D eigenvalue weighted by molar-refractivity contribution is 5.74. The second-order valence-electron chi connectivity index (χ2n) is 7.67. The maximum Gasteiger partial charge on any atom is 0.362 e. The summed E-state index contributed by atoms with van der Waals surface area (Å²) in [4.78, 5) is 13.1. The molecule has 1 unspecified atom stereocenters. The van der Waals surface area contributed by atoms with Gasteiger partial charge in [0.15, 0.2) is 0 Å². The van der Waals surface area contributed by atoms with E-state index in [4.69, 9.17) is 0 Å². The smallest absolute Gasteiger partial charge is 0.362 e. The number of amides is 2. The molecule has 5 nitrogen and oxygen atoms in total. The first kappa shape index (κ1) is 18.0. The third kappa shape index (κ3) is 3.57. The number of piperidine rings is 1. The molecule has 27 heavy (non-hydrogen) atoms. The summed E-state index contributed by atoms with van der Waals surface area (Å²) >= 11 is 0. The summed E-state index contributed by atoms with van der Waals surface area (Å²) in [5, 5.41) is 18.5. The number of benzene rings is 2. The fourth-order valence-electron chi connectivity index (χ4n) is 4.50. The van der Waals surface area contributed by atoms with Crippen LogP contribution in [0.4, 0.5) is 4.79 Å². The second-order valence-corrected chi connectivity index (χ2v) is 7.67. The molecule has 2 heterocycles. The van der Waals surface area contributed by atoms with E-state index in [2.05, 4.69) is 5.32 Å². The van der Waals surface area contributed by atoms with Crippen molar-refractivity contribution in [1.82, 2.24) is 10.3 Å². The molecule has 0 bridgehead atoms. The molecule has 0 aliphatic carbocycles. The molecule has 1 spiro atoms. The van der Waals surface area contributed by atoms with Gasteiger partial charge in [-0.15, -0.1) is 0 Å². The molecule has 2 aliphatic rings. The number of nitrogens with one attached hydrogen (secondary N) is 1. The minimum atomic E-state index is -0.882. The van der Waals surface area contributed by atoms with E-state index in [0.717, 1.165) is 43.5 Å². The maximum absolute atomic E-state index is 13.7. The molecule has 142 valence electrons. The molecule has 2 aliphatic heterocycles. The Balaban J connectivity index is 1.62. The zero-order valence-corrected chi connectivity index (χ0v) is 15.6. The average molecular weight is 365 g/mol. The van der Waals surface area contributed by atoms with Crippen molar-refractivity contribution in [2.75, 3.05) is 13.1 Å². The molecule has 2 amide bonds. The topological polar surface area (TPSA) is 55.4 Å². The van der Waals surface area contributed by atoms with Crippen molar-refractivity contribution in [2.45, 2.75) is 44.5 Å². The third-order valence-electron chi connectivity index (χ3n) is 5.91. The zero-order valence-electron chi connectivity index (χ0n) is 15.6. The number of nitrogens with zero attached hydrogens (tertiary/aromatic N) is 2. The highest BCUT2D eigenvalue weighted by Gasteiger charge is 2.49. The minimum Gasteiger partial charge on any atom is -0.803 e. The summed E-state index contributed by atoms with van der Waals surface area (Å²) < 4.78 is 0.248. The van der Waals surface area contributed by atoms with E-state index in [9.17, 15) is 9.90 Å². The van der Waals surface area contributed by atoms with Gasteiger partial charge in [-0.05, 0) is 36.8 Å². The van der Waals surface area contributed by atoms with Crippen molar-refractivity contribution in [3.8, 4) is 0 Å². The molecule has 2 aromatic carbocycles. The van der Waals surface area contributed by atoms with Gasteiger partial charge in [0.1, 0.15) is 13.1 Å². The molecular formula is C22H27N3O2. The summed E-state index contributed by atoms with van der Waals surface area (Å²) in [6.07, 6.45) is 2.83. The van der Waals surface area contributed by atoms with Crippen LogP contribution in [0.15, 0.2) is 60.7 Å². The van der Waals surface area contributed by atoms with Gasteiger partial charge in [-0.3, -0.25) is 0 Å². The molecule has 2 aromatic rings. The van der Waals surface area contributed by atoms with Crippen molar-refractivity contribution in [3.05, 3.63) is 71.8 Å². The first-order valence-corrected chi connectivity index (χ1v) is 9.88. The summed E-state index contributed by atoms with van der Waals surface area (Å²) in [5.41, 5.74) is 2.15. The monoisotopic (exact) mass is 365 g/mol. The Morgan fingerprint density at radius 1 is 0.926 bits per heavy atom. The lowest BCUT2D eigenvalue weighted by atomic mass is 9.99. The van der Waals surface area contributed by atoms with E-state index in [1.807, 2.05) is 60.7 Å². The van der Waals surface area contributed by atoms with E-state index in [1.165, 1.54) is 0 Å². The van der Waals surface area contributed by atoms with Crippen LogP contribution < -0.4 is 10.4 Å². The standard InChI is InChI=1S/C22H27N3O2/c26-21-20(16-18-10-4-1-5-11-18)23-22(27)24(17-19-12-6-2-7-13-19)25(21)14-8-3-9-15-25/h1-2,4-7,10-13,20-21H,3,8-9,14-17H2,(H,23,27)/t20-,21?/m0/s1. The quantitative estimate of drug-likeness (QED) is 0.846. The van der Waals surface area contributed by atoms with Crippen LogP contribution in [-0.4, -0.2) is 41.0 Å². The van der Waals surface area contributed by atoms with Crippen LogP contribution in [0.5, 0.6) is 0 Å². The lowest BCUT2D eigenvalue weighted by Gasteiger charge is -2.59. The second kappa shape index (κ2) is 7.71. The summed E-state index contributed by atoms with van der Waals surface area (Å²) in [5.74, 6) is 0. The molecule has 2 fully saturated rings. The minimum absolute atomic E-state index is 0.117. The van der Waals surface area contributed by atoms with Crippen molar-refractivity contribution >= 4 is 6.03 Å². The molecular weight excluding hydrogens is 338 g/mol. The first-order valence-electron chi connectivity index (χ1n) is 9.88. The predicted octanol–water partition coefficient (Wildman–Crippen LogP) is 2.43. The van der Waals surface area contributed by atoms with E-state index < -0.39 is 6.23 Å². The average Bonchev–Trinajstić information content (AvgIpc) is 2.72. The van der Waals surface area contributed by atoms with Gasteiger partial charge in [-0.25, -0.2) is 9.39 Å². The van der Waals surface area contributed by atoms with Crippen LogP contribution in [0.2, 0.25) is 0 Å². The van der Waals surface area contributed by atoms with Crippen LogP contribution in [0, 0.1) is 0 Å². The number of carbonyl (C=O) groups is 1. The lowest BCUT2D eigenvalue weighted by Crippen LogP contribution is -2.82. The Kier molecular flexibility index (Phi) is 5.14. The first-order chi connectivity index (χ1) is 13.2. The molecule has 2 saturated heterocycles. The van der Waals surface area contributed by atoms with E-state index in [-0.39, 0.29) is 16.7 Å². The number of urea groups is 1. The summed E-state index contributed by atoms with van der Waals surface area (Å²) in [6.45, 7) is 1.98. The van der Waals surface area contributed by atoms with Crippen LogP contribution >= 0.6 is 0 Å². The highest BCUT2D eigenvalue weighted by atomic mass is 16.3. The Labute approximate surface area is 160 Å². The third-order valence-corrected chi connectivity index (χ3v) is 5.91. The van der Waals surface area contributed by atoms with Gasteiger partial charge in [-0.2, -0.15) is 5.01 Å². The van der Waals surface area contributed by atoms with E-state index in [0.29, 0.717) is 13.0 Å². The number of carbonyl (C=O) groups excluding carboxylic acids is 1. The molecule has 2 atom stereocenters. The van der Waals surface area contributed by atoms with Gasteiger partial charge in [0, 0.05) is 0 Å². The Bertz CT molecular complexity index is 760. The normalized spacial score (nSPS) is 24.6. The summed E-state index contributed by atoms with van der Waals surface area (Å²) in [7, 11) is 0. The van der Waals surface area contributed by atoms with E-state index >= 15 is 0 Å². The van der Waals surface area contributed by atoms with Gasteiger partial charge < -0.3 is 10.4 Å². The largest absolute Gasteiger partial charge is 0.803 e. The fraction of sp³-hybridized carbons (Fsp3) is 0.409. The van der Waals surface area contributed by atoms with Gasteiger partial charge in [0.05, 0.1) is 18.8 Å². The van der Waals surface area contributed by atoms with E-state index in [1.54, 1.807) is 5.01 Å². The fourth-order valence-corrected chi connectivity index (χ4v) is 4.50. The molecule has 1 N–H and O–H groups in total. The lowest BCUT2D eigenvalue weighted by molar-refractivity contribution is -1.10. The molecule has 4 rings (SSSR count). The van der Waals surface area contributed by atoms with Crippen molar-refractivity contribution in [2.24, 2.45) is 0 Å². The highest BCUT2D eigenvalue weighted by Crippen LogP contribution is 2.31. The van der Waals surface area contributed by atoms with Gasteiger partial charge in [0.2, 0.25) is 0 Å². The van der Waals surface area contributed by atoms with Crippen LogP contribution in [0.1, 0.15) is 30.4 Å². The van der Waals surface area contributed by atoms with Crippen LogP contribution in [0.25, 0.3) is 0 Å². The number of hydrogen-bond donors (Lipinski definition) is 1. The number of hydrogen-bond acceptors (Lipinski definition) is 2. The zero-order chi connectivity index (χ0) is 18.7. The Morgan fingerprint density at radius 3 is 2.15 bits per heavy atom. The Hall–Kier alpha value is -2.37. The summed E-state index contributed by atoms with van der Waals surface area (Å²) in [6, 6.07) is 19.4. The van der Waals surface area contributed by atoms with Crippen molar-refractivity contribution in [1.29, 1.82) is 0 Å². The molecule has 0 radical (unpaired) electrons. The number of quaternary nitrogens is 1. The maximum atomic E-state index is 13.7. The predicted molar refractivity (Wildman–Crippen MR) is 102 cm³/mol. The van der Waals surface area contributed by atoms with Crippen LogP contribution in [0.3, 0.4) is 0 Å². The van der Waals surface area contributed by atoms with Crippen molar-refractivity contribution in [3.63, 3.8) is 0 Å². The molecule has 0 aromatic heterocycles. The van der Waals surface area contributed by atoms with Crippen molar-refractivity contribution < 1.29 is 14.5 Å². The number of rotatable bonds is 4. The molecule has 0 saturated carbocycles. The Morgan fingerprint density at radius 2 is 1.52 bits per heavy atom. The van der Waals surface area contributed by atoms with Gasteiger partial charge in [0.25, 0.3) is 0 Å².